The first-order chi connectivity index (χ1) is 14.2. The average molecular weight is 394 g/mol. The predicted molar refractivity (Wildman–Crippen MR) is 110 cm³/mol. The first-order valence-corrected chi connectivity index (χ1v) is 10.6. The summed E-state index contributed by atoms with van der Waals surface area (Å²) in [5.74, 6) is -0.913. The molecule has 2 fully saturated rings. The van der Waals surface area contributed by atoms with Crippen molar-refractivity contribution in [1.82, 2.24) is 9.97 Å². The third-order valence-electron chi connectivity index (χ3n) is 5.97. The van der Waals surface area contributed by atoms with Crippen LogP contribution in [0.25, 0.3) is 11.0 Å². The van der Waals surface area contributed by atoms with Gasteiger partial charge in [-0.3, -0.25) is 4.79 Å². The topological polar surface area (TPSA) is 83.5 Å². The summed E-state index contributed by atoms with van der Waals surface area (Å²) in [4.78, 5) is 26.1. The fraction of sp³-hybridized carbons (Fsp3) is 0.545. The Kier molecular flexibility index (Phi) is 5.91. The van der Waals surface area contributed by atoms with Crippen LogP contribution < -0.4 is 9.80 Å². The minimum Gasteiger partial charge on any atom is -0.461 e. The summed E-state index contributed by atoms with van der Waals surface area (Å²) in [6.45, 7) is 3.61. The third-order valence-corrected chi connectivity index (χ3v) is 5.97. The van der Waals surface area contributed by atoms with E-state index in [0.717, 1.165) is 57.4 Å². The number of likely N-dealkylation sites (N-methyl/N-ethyl adjacent to an activating group) is 1. The minimum atomic E-state index is -1.06. The Labute approximate surface area is 171 Å². The zero-order valence-corrected chi connectivity index (χ0v) is 16.9. The lowest BCUT2D eigenvalue weighted by Gasteiger charge is -2.32. The number of benzene rings is 1. The summed E-state index contributed by atoms with van der Waals surface area (Å²) in [5, 5.41) is 9.88. The molecule has 2 aromatic rings. The number of anilines is 1. The minimum absolute atomic E-state index is 0.0869. The molecular formula is C22H28N5O2+. The van der Waals surface area contributed by atoms with E-state index in [4.69, 9.17) is 14.7 Å². The molecule has 152 valence electrons. The molecule has 29 heavy (non-hydrogen) atoms. The second-order valence-corrected chi connectivity index (χ2v) is 8.12. The standard InChI is InChI=1S/C22H27N5O2/c1-26-11-13-27(14-12-26)21-20(24-18-9-5-6-10-19(18)25-21)17(15-23)22(28)29-16-7-3-2-4-8-16/h5-6,9-10,16-17H,2-4,7-8,11-14H2,1H3/p+1/t17-/m1/s1. The van der Waals surface area contributed by atoms with Gasteiger partial charge in [0.05, 0.1) is 50.3 Å². The molecule has 7 heteroatoms. The molecule has 0 radical (unpaired) electrons. The summed E-state index contributed by atoms with van der Waals surface area (Å²) >= 11 is 0. The van der Waals surface area contributed by atoms with Gasteiger partial charge in [-0.25, -0.2) is 9.97 Å². The van der Waals surface area contributed by atoms with Crippen LogP contribution in [0.5, 0.6) is 0 Å². The molecule has 0 spiro atoms. The second kappa shape index (κ2) is 8.75. The normalized spacial score (nSPS) is 19.7. The molecule has 0 bridgehead atoms. The largest absolute Gasteiger partial charge is 0.461 e. The number of nitrogens with zero attached hydrogens (tertiary/aromatic N) is 4. The van der Waals surface area contributed by atoms with Crippen molar-refractivity contribution in [2.24, 2.45) is 0 Å². The van der Waals surface area contributed by atoms with Crippen LogP contribution in [-0.4, -0.2) is 55.3 Å². The van der Waals surface area contributed by atoms with Gasteiger partial charge in [-0.15, -0.1) is 0 Å². The molecule has 1 aromatic carbocycles. The van der Waals surface area contributed by atoms with Crippen molar-refractivity contribution in [2.75, 3.05) is 38.1 Å². The number of rotatable bonds is 4. The van der Waals surface area contributed by atoms with Crippen LogP contribution in [0.2, 0.25) is 0 Å². The van der Waals surface area contributed by atoms with Gasteiger partial charge in [0.1, 0.15) is 11.8 Å². The number of fused-ring (bicyclic) bond motifs is 1. The van der Waals surface area contributed by atoms with E-state index in [1.54, 1.807) is 0 Å². The number of carbonyl (C=O) groups is 1. The lowest BCUT2D eigenvalue weighted by atomic mass is 9.97. The van der Waals surface area contributed by atoms with E-state index < -0.39 is 11.9 Å². The summed E-state index contributed by atoms with van der Waals surface area (Å²) in [6, 6.07) is 9.75. The van der Waals surface area contributed by atoms with E-state index >= 15 is 0 Å². The van der Waals surface area contributed by atoms with Crippen molar-refractivity contribution in [3.8, 4) is 6.07 Å². The number of carbonyl (C=O) groups excluding carboxylic acids is 1. The van der Waals surface area contributed by atoms with E-state index in [9.17, 15) is 10.1 Å². The SMILES string of the molecule is C[NH+]1CCN(c2nc3ccccc3nc2[C@@H](C#N)C(=O)OC2CCCCC2)CC1. The highest BCUT2D eigenvalue weighted by atomic mass is 16.5. The maximum atomic E-state index is 12.9. The van der Waals surface area contributed by atoms with Gasteiger partial charge in [0, 0.05) is 0 Å². The number of piperazine rings is 1. The number of quaternary nitrogens is 1. The maximum absolute atomic E-state index is 12.9. The highest BCUT2D eigenvalue weighted by Crippen LogP contribution is 2.29. The number of nitriles is 1. The first-order valence-electron chi connectivity index (χ1n) is 10.6. The van der Waals surface area contributed by atoms with Crippen molar-refractivity contribution in [2.45, 2.75) is 44.1 Å². The van der Waals surface area contributed by atoms with Crippen LogP contribution >= 0.6 is 0 Å². The van der Waals surface area contributed by atoms with Crippen molar-refractivity contribution in [3.05, 3.63) is 30.0 Å². The van der Waals surface area contributed by atoms with Gasteiger partial charge in [-0.2, -0.15) is 5.26 Å². The number of para-hydroxylation sites is 2. The molecule has 4 rings (SSSR count). The molecule has 1 saturated heterocycles. The smallest absolute Gasteiger partial charge is 0.329 e. The van der Waals surface area contributed by atoms with Crippen molar-refractivity contribution in [1.29, 1.82) is 5.26 Å². The molecule has 1 atom stereocenters. The zero-order chi connectivity index (χ0) is 20.2. The monoisotopic (exact) mass is 394 g/mol. The van der Waals surface area contributed by atoms with E-state index in [0.29, 0.717) is 17.0 Å². The molecule has 2 heterocycles. The lowest BCUT2D eigenvalue weighted by Crippen LogP contribution is -3.12. The second-order valence-electron chi connectivity index (χ2n) is 8.12. The third kappa shape index (κ3) is 4.33. The summed E-state index contributed by atoms with van der Waals surface area (Å²) in [5.41, 5.74) is 1.89. The zero-order valence-electron chi connectivity index (χ0n) is 16.9. The van der Waals surface area contributed by atoms with Gasteiger partial charge < -0.3 is 14.5 Å². The molecule has 2 aliphatic rings. The van der Waals surface area contributed by atoms with Crippen molar-refractivity contribution in [3.63, 3.8) is 0 Å². The van der Waals surface area contributed by atoms with E-state index in [-0.39, 0.29) is 6.10 Å². The van der Waals surface area contributed by atoms with Gasteiger partial charge in [0.2, 0.25) is 0 Å². The molecular weight excluding hydrogens is 366 g/mol. The summed E-state index contributed by atoms with van der Waals surface area (Å²) < 4.78 is 5.72. The quantitative estimate of drug-likeness (QED) is 0.791. The van der Waals surface area contributed by atoms with Crippen molar-refractivity contribution >= 4 is 22.8 Å². The fourth-order valence-corrected chi connectivity index (χ4v) is 4.17. The maximum Gasteiger partial charge on any atom is 0.329 e. The Bertz CT molecular complexity index is 911. The Morgan fingerprint density at radius 3 is 2.48 bits per heavy atom. The molecule has 1 aliphatic heterocycles. The van der Waals surface area contributed by atoms with E-state index in [1.807, 2.05) is 24.3 Å². The van der Waals surface area contributed by atoms with Crippen molar-refractivity contribution < 1.29 is 14.4 Å². The Morgan fingerprint density at radius 2 is 1.83 bits per heavy atom. The molecule has 1 N–H and O–H groups in total. The van der Waals surface area contributed by atoms with E-state index in [1.165, 1.54) is 11.3 Å². The number of ether oxygens (including phenoxy) is 1. The summed E-state index contributed by atoms with van der Waals surface area (Å²) in [7, 11) is 2.17. The van der Waals surface area contributed by atoms with Crippen LogP contribution in [0.4, 0.5) is 5.82 Å². The molecule has 0 unspecified atom stereocenters. The molecule has 1 aliphatic carbocycles. The van der Waals surface area contributed by atoms with Gasteiger partial charge >= 0.3 is 5.97 Å². The Balaban J connectivity index is 1.68. The number of aromatic nitrogens is 2. The van der Waals surface area contributed by atoms with Crippen LogP contribution in [0.15, 0.2) is 24.3 Å². The van der Waals surface area contributed by atoms with Crippen LogP contribution in [0, 0.1) is 11.3 Å². The van der Waals surface area contributed by atoms with Gasteiger partial charge in [0.25, 0.3) is 0 Å². The molecule has 1 aromatic heterocycles. The first kappa shape index (κ1) is 19.6. The Hall–Kier alpha value is -2.72. The average Bonchev–Trinajstić information content (AvgIpc) is 2.75. The van der Waals surface area contributed by atoms with Crippen LogP contribution in [0.1, 0.15) is 43.7 Å². The number of hydrogen-bond acceptors (Lipinski definition) is 6. The van der Waals surface area contributed by atoms with E-state index in [2.05, 4.69) is 18.0 Å². The number of hydrogen-bond donors (Lipinski definition) is 1. The predicted octanol–water partition coefficient (Wildman–Crippen LogP) is 1.45. The Morgan fingerprint density at radius 1 is 1.17 bits per heavy atom. The van der Waals surface area contributed by atoms with Crippen LogP contribution in [0.3, 0.4) is 0 Å². The number of esters is 1. The van der Waals surface area contributed by atoms with Gasteiger partial charge in [-0.1, -0.05) is 18.6 Å². The van der Waals surface area contributed by atoms with Crippen LogP contribution in [-0.2, 0) is 9.53 Å². The fourth-order valence-electron chi connectivity index (χ4n) is 4.17. The molecule has 7 nitrogen and oxygen atoms in total. The highest BCUT2D eigenvalue weighted by molar-refractivity contribution is 5.85. The van der Waals surface area contributed by atoms with Gasteiger partial charge in [0.15, 0.2) is 11.7 Å². The van der Waals surface area contributed by atoms with Gasteiger partial charge in [-0.05, 0) is 37.8 Å². The lowest BCUT2D eigenvalue weighted by molar-refractivity contribution is -0.880. The molecule has 1 saturated carbocycles. The highest BCUT2D eigenvalue weighted by Gasteiger charge is 2.33. The molecule has 0 amide bonds. The summed E-state index contributed by atoms with van der Waals surface area (Å²) in [6.07, 6.45) is 4.99. The number of nitrogens with one attached hydrogen (secondary N) is 1.